The summed E-state index contributed by atoms with van der Waals surface area (Å²) in [7, 11) is 0. The predicted molar refractivity (Wildman–Crippen MR) is 218 cm³/mol. The van der Waals surface area contributed by atoms with Crippen molar-refractivity contribution < 1.29 is 9.47 Å². The average molecular weight is 702 g/mol. The van der Waals surface area contributed by atoms with Crippen LogP contribution < -0.4 is 15.2 Å². The van der Waals surface area contributed by atoms with Crippen LogP contribution in [0.2, 0.25) is 0 Å². The highest BCUT2D eigenvalue weighted by Gasteiger charge is 2.31. The van der Waals surface area contributed by atoms with Gasteiger partial charge in [0, 0.05) is 16.2 Å². The first-order valence-electron chi connectivity index (χ1n) is 19.7. The van der Waals surface area contributed by atoms with Crippen molar-refractivity contribution in [1.82, 2.24) is 0 Å². The highest BCUT2D eigenvalue weighted by Crippen LogP contribution is 2.47. The lowest BCUT2D eigenvalue weighted by atomic mass is 9.69. The average Bonchev–Trinajstić information content (AvgIpc) is 3.18. The van der Waals surface area contributed by atoms with Gasteiger partial charge in [0.25, 0.3) is 0 Å². The van der Waals surface area contributed by atoms with Gasteiger partial charge in [-0.05, 0) is 129 Å². The number of hydrogen-bond donors (Lipinski definition) is 1. The third-order valence-corrected chi connectivity index (χ3v) is 13.2. The molecule has 2 N–H and O–H groups in total. The summed E-state index contributed by atoms with van der Waals surface area (Å²) in [6, 6.07) is 31.7. The number of hydrogen-bond acceptors (Lipinski definition) is 4. The number of thioether (sulfide) groups is 1. The fourth-order valence-corrected chi connectivity index (χ4v) is 9.57. The van der Waals surface area contributed by atoms with Gasteiger partial charge in [-0.2, -0.15) is 0 Å². The number of benzene rings is 4. The van der Waals surface area contributed by atoms with E-state index in [-0.39, 0.29) is 0 Å². The molecular weight excluding hydrogens is 643 g/mol. The lowest BCUT2D eigenvalue weighted by Gasteiger charge is -2.38. The van der Waals surface area contributed by atoms with E-state index in [0.717, 1.165) is 64.0 Å². The zero-order valence-electron chi connectivity index (χ0n) is 31.5. The quantitative estimate of drug-likeness (QED) is 0.105. The molecule has 0 atom stereocenters. The van der Waals surface area contributed by atoms with Gasteiger partial charge in [-0.15, -0.1) is 0 Å². The van der Waals surface area contributed by atoms with Crippen molar-refractivity contribution >= 4 is 22.4 Å². The van der Waals surface area contributed by atoms with E-state index in [1.807, 2.05) is 12.1 Å². The molecule has 0 spiro atoms. The zero-order chi connectivity index (χ0) is 35.6. The number of nitrogens with two attached hydrogens (primary N) is 1. The van der Waals surface area contributed by atoms with Gasteiger partial charge in [0.2, 0.25) is 0 Å². The standard InChI is InChI=1S/C47H59NO2S/c1-5-10-35-13-19-40(20-14-35)41-23-17-36(18-24-41)31-49-44-29-30-45(50-32-37-15-21-39(22-16-37)38-11-8-7-9-12-38)47(34(44)4)51-46(33(3)6-2)42-25-27-43(48)28-26-42/h7-9,11-12,15-16,21-22,25-30,35-36,40-41H,5-6,10,13-14,17-20,23-24,31-32,48H2,1-4H3/b46-33-. The number of nitrogen functional groups attached to an aromatic ring is 1. The summed E-state index contributed by atoms with van der Waals surface area (Å²) < 4.78 is 13.3. The Morgan fingerprint density at radius 2 is 1.29 bits per heavy atom. The lowest BCUT2D eigenvalue weighted by Crippen LogP contribution is -2.27. The number of anilines is 1. The van der Waals surface area contributed by atoms with E-state index >= 15 is 0 Å². The Hall–Kier alpha value is -3.63. The molecule has 6 rings (SSSR count). The fraction of sp³-hybridized carbons (Fsp3) is 0.447. The van der Waals surface area contributed by atoms with Crippen molar-refractivity contribution in [2.75, 3.05) is 12.3 Å². The van der Waals surface area contributed by atoms with Crippen molar-refractivity contribution in [2.24, 2.45) is 23.7 Å². The minimum atomic E-state index is 0.499. The molecule has 51 heavy (non-hydrogen) atoms. The maximum Gasteiger partial charge on any atom is 0.134 e. The molecular formula is C47H59NO2S. The topological polar surface area (TPSA) is 44.5 Å². The van der Waals surface area contributed by atoms with Gasteiger partial charge in [0.1, 0.15) is 18.1 Å². The molecule has 0 saturated heterocycles. The van der Waals surface area contributed by atoms with Crippen LogP contribution in [0.4, 0.5) is 5.69 Å². The predicted octanol–water partition coefficient (Wildman–Crippen LogP) is 13.5. The molecule has 0 aromatic heterocycles. The summed E-state index contributed by atoms with van der Waals surface area (Å²) in [5.74, 6) is 5.39. The smallest absolute Gasteiger partial charge is 0.134 e. The number of rotatable bonds is 14. The Kier molecular flexibility index (Phi) is 13.3. The van der Waals surface area contributed by atoms with E-state index in [2.05, 4.69) is 107 Å². The first kappa shape index (κ1) is 37.1. The maximum atomic E-state index is 6.70. The lowest BCUT2D eigenvalue weighted by molar-refractivity contribution is 0.121. The van der Waals surface area contributed by atoms with Gasteiger partial charge in [0.05, 0.1) is 11.5 Å². The van der Waals surface area contributed by atoms with Crippen LogP contribution in [0.5, 0.6) is 11.5 Å². The Morgan fingerprint density at radius 1 is 0.686 bits per heavy atom. The molecule has 4 heteroatoms. The second-order valence-corrected chi connectivity index (χ2v) is 16.2. The van der Waals surface area contributed by atoms with Crippen molar-refractivity contribution in [3.05, 3.63) is 113 Å². The van der Waals surface area contributed by atoms with Gasteiger partial charge in [-0.3, -0.25) is 0 Å². The van der Waals surface area contributed by atoms with E-state index in [1.54, 1.807) is 11.8 Å². The van der Waals surface area contributed by atoms with Crippen molar-refractivity contribution in [3.8, 4) is 22.6 Å². The highest BCUT2D eigenvalue weighted by molar-refractivity contribution is 8.08. The minimum absolute atomic E-state index is 0.499. The molecule has 2 saturated carbocycles. The molecule has 3 nitrogen and oxygen atoms in total. The van der Waals surface area contributed by atoms with Crippen molar-refractivity contribution in [1.29, 1.82) is 0 Å². The zero-order valence-corrected chi connectivity index (χ0v) is 32.3. The molecule has 0 radical (unpaired) electrons. The normalized spacial score (nSPS) is 21.2. The van der Waals surface area contributed by atoms with Gasteiger partial charge < -0.3 is 15.2 Å². The van der Waals surface area contributed by atoms with Crippen LogP contribution in [0.3, 0.4) is 0 Å². The maximum absolute atomic E-state index is 6.70. The first-order chi connectivity index (χ1) is 24.9. The molecule has 0 aliphatic heterocycles. The highest BCUT2D eigenvalue weighted by atomic mass is 32.2. The molecule has 0 unspecified atom stereocenters. The van der Waals surface area contributed by atoms with E-state index in [0.29, 0.717) is 12.5 Å². The van der Waals surface area contributed by atoms with E-state index in [1.165, 1.54) is 91.4 Å². The minimum Gasteiger partial charge on any atom is -0.493 e. The van der Waals surface area contributed by atoms with Crippen LogP contribution in [-0.2, 0) is 6.61 Å². The fourth-order valence-electron chi connectivity index (χ4n) is 8.31. The largest absolute Gasteiger partial charge is 0.493 e. The monoisotopic (exact) mass is 701 g/mol. The Balaban J connectivity index is 1.16. The van der Waals surface area contributed by atoms with E-state index < -0.39 is 0 Å². The molecule has 2 aliphatic rings. The molecule has 270 valence electrons. The Bertz CT molecular complexity index is 1700. The van der Waals surface area contributed by atoms with Crippen LogP contribution in [-0.4, -0.2) is 6.61 Å². The Labute approximate surface area is 312 Å². The molecule has 2 fully saturated rings. The first-order valence-corrected chi connectivity index (χ1v) is 20.5. The van der Waals surface area contributed by atoms with E-state index in [9.17, 15) is 0 Å². The van der Waals surface area contributed by atoms with Crippen LogP contribution in [0.1, 0.15) is 108 Å². The SMILES string of the molecule is CCCC1CCC(C2CCC(COc3ccc(OCc4ccc(-c5ccccc5)cc4)c(S/C(=C(/C)CC)c4ccc(N)cc4)c3C)CC2)CC1. The summed E-state index contributed by atoms with van der Waals surface area (Å²) in [5, 5.41) is 0. The van der Waals surface area contributed by atoms with Crippen LogP contribution in [0.15, 0.2) is 101 Å². The van der Waals surface area contributed by atoms with E-state index in [4.69, 9.17) is 15.2 Å². The number of ether oxygens (including phenoxy) is 2. The molecule has 0 heterocycles. The summed E-state index contributed by atoms with van der Waals surface area (Å²) in [6.07, 6.45) is 15.0. The summed E-state index contributed by atoms with van der Waals surface area (Å²) in [6.45, 7) is 10.3. The molecule has 4 aromatic carbocycles. The Morgan fingerprint density at radius 3 is 1.92 bits per heavy atom. The third-order valence-electron chi connectivity index (χ3n) is 11.7. The van der Waals surface area contributed by atoms with Crippen molar-refractivity contribution in [2.45, 2.75) is 110 Å². The van der Waals surface area contributed by atoms with Crippen LogP contribution >= 0.6 is 11.8 Å². The summed E-state index contributed by atoms with van der Waals surface area (Å²) >= 11 is 1.80. The van der Waals surface area contributed by atoms with Gasteiger partial charge in [-0.25, -0.2) is 0 Å². The van der Waals surface area contributed by atoms with Crippen LogP contribution in [0.25, 0.3) is 16.0 Å². The second-order valence-electron chi connectivity index (χ2n) is 15.2. The summed E-state index contributed by atoms with van der Waals surface area (Å²) in [5.41, 5.74) is 14.1. The van der Waals surface area contributed by atoms with Gasteiger partial charge >= 0.3 is 0 Å². The molecule has 0 bridgehead atoms. The van der Waals surface area contributed by atoms with Crippen molar-refractivity contribution in [3.63, 3.8) is 0 Å². The number of allylic oxidation sites excluding steroid dienone is 1. The summed E-state index contributed by atoms with van der Waals surface area (Å²) in [4.78, 5) is 2.37. The van der Waals surface area contributed by atoms with Gasteiger partial charge in [0.15, 0.2) is 0 Å². The molecule has 2 aliphatic carbocycles. The second kappa shape index (κ2) is 18.2. The van der Waals surface area contributed by atoms with Gasteiger partial charge in [-0.1, -0.05) is 124 Å². The third kappa shape index (κ3) is 9.83. The molecule has 4 aromatic rings. The van der Waals surface area contributed by atoms with Crippen LogP contribution in [0, 0.1) is 30.6 Å². The molecule has 0 amide bonds.